The van der Waals surface area contributed by atoms with E-state index in [1.807, 2.05) is 55.5 Å². The number of nitrogens with zero attached hydrogens (tertiary/aromatic N) is 1. The van der Waals surface area contributed by atoms with Crippen molar-refractivity contribution in [2.45, 2.75) is 19.8 Å². The highest BCUT2D eigenvalue weighted by Gasteiger charge is 2.18. The number of carbonyl (C=O) groups excluding carboxylic acids is 2. The molecule has 0 unspecified atom stereocenters. The Balaban J connectivity index is 1.60. The van der Waals surface area contributed by atoms with Gasteiger partial charge in [0.2, 0.25) is 5.91 Å². The number of rotatable bonds is 4. The van der Waals surface area contributed by atoms with Crippen LogP contribution in [0.15, 0.2) is 48.5 Å². The molecule has 0 radical (unpaired) electrons. The van der Waals surface area contributed by atoms with Crippen LogP contribution in [0.5, 0.6) is 0 Å². The first-order valence-electron chi connectivity index (χ1n) is 8.13. The third-order valence-corrected chi connectivity index (χ3v) is 4.03. The monoisotopic (exact) mass is 323 g/mol. The molecule has 0 atom stereocenters. The van der Waals surface area contributed by atoms with Crippen LogP contribution in [0.1, 0.15) is 17.5 Å². The SMILES string of the molecule is Cc1ccc(CC(=O)Nc2ccc(N3CCCNC3=O)cc2)cc1. The summed E-state index contributed by atoms with van der Waals surface area (Å²) in [5.41, 5.74) is 3.73. The normalized spacial score (nSPS) is 14.2. The van der Waals surface area contributed by atoms with E-state index in [1.54, 1.807) is 4.90 Å². The summed E-state index contributed by atoms with van der Waals surface area (Å²) in [4.78, 5) is 25.7. The maximum absolute atomic E-state index is 12.1. The fourth-order valence-corrected chi connectivity index (χ4v) is 2.70. The maximum Gasteiger partial charge on any atom is 0.321 e. The highest BCUT2D eigenvalue weighted by atomic mass is 16.2. The lowest BCUT2D eigenvalue weighted by atomic mass is 10.1. The van der Waals surface area contributed by atoms with Crippen LogP contribution in [0.4, 0.5) is 16.2 Å². The lowest BCUT2D eigenvalue weighted by Crippen LogP contribution is -2.46. The molecule has 0 aliphatic carbocycles. The topological polar surface area (TPSA) is 61.4 Å². The van der Waals surface area contributed by atoms with Gasteiger partial charge in [0.25, 0.3) is 0 Å². The predicted molar refractivity (Wildman–Crippen MR) is 95.3 cm³/mol. The predicted octanol–water partition coefficient (Wildman–Crippen LogP) is 3.10. The van der Waals surface area contributed by atoms with Gasteiger partial charge in [-0.2, -0.15) is 0 Å². The first-order chi connectivity index (χ1) is 11.6. The van der Waals surface area contributed by atoms with Crippen LogP contribution in [-0.2, 0) is 11.2 Å². The average Bonchev–Trinajstić information content (AvgIpc) is 2.58. The van der Waals surface area contributed by atoms with E-state index in [0.717, 1.165) is 29.9 Å². The first-order valence-corrected chi connectivity index (χ1v) is 8.13. The quantitative estimate of drug-likeness (QED) is 0.908. The van der Waals surface area contributed by atoms with Crippen molar-refractivity contribution in [2.24, 2.45) is 0 Å². The second-order valence-electron chi connectivity index (χ2n) is 5.99. The molecule has 0 saturated carbocycles. The molecule has 2 N–H and O–H groups in total. The lowest BCUT2D eigenvalue weighted by molar-refractivity contribution is -0.115. The molecule has 0 aromatic heterocycles. The van der Waals surface area contributed by atoms with Gasteiger partial charge in [-0.05, 0) is 43.2 Å². The maximum atomic E-state index is 12.1. The minimum atomic E-state index is -0.0718. The average molecular weight is 323 g/mol. The van der Waals surface area contributed by atoms with Crippen LogP contribution >= 0.6 is 0 Å². The zero-order chi connectivity index (χ0) is 16.9. The smallest absolute Gasteiger partial charge is 0.321 e. The van der Waals surface area contributed by atoms with E-state index in [2.05, 4.69) is 10.6 Å². The Morgan fingerprint density at radius 1 is 1.12 bits per heavy atom. The molecule has 2 aromatic rings. The minimum Gasteiger partial charge on any atom is -0.338 e. The lowest BCUT2D eigenvalue weighted by Gasteiger charge is -2.27. The Hall–Kier alpha value is -2.82. The van der Waals surface area contributed by atoms with Gasteiger partial charge < -0.3 is 10.6 Å². The molecule has 1 heterocycles. The Morgan fingerprint density at radius 2 is 1.83 bits per heavy atom. The summed E-state index contributed by atoms with van der Waals surface area (Å²) in [5.74, 6) is -0.0534. The molecule has 24 heavy (non-hydrogen) atoms. The molecule has 1 fully saturated rings. The fraction of sp³-hybridized carbons (Fsp3) is 0.263. The van der Waals surface area contributed by atoms with Crippen LogP contribution in [-0.4, -0.2) is 25.0 Å². The highest BCUT2D eigenvalue weighted by molar-refractivity contribution is 5.94. The van der Waals surface area contributed by atoms with Crippen molar-refractivity contribution in [3.8, 4) is 0 Å². The van der Waals surface area contributed by atoms with Crippen molar-refractivity contribution in [1.82, 2.24) is 5.32 Å². The highest BCUT2D eigenvalue weighted by Crippen LogP contribution is 2.20. The van der Waals surface area contributed by atoms with E-state index in [-0.39, 0.29) is 11.9 Å². The molecule has 1 aliphatic rings. The molecule has 5 nitrogen and oxygen atoms in total. The van der Waals surface area contributed by atoms with E-state index in [0.29, 0.717) is 13.0 Å². The van der Waals surface area contributed by atoms with Gasteiger partial charge in [0.05, 0.1) is 6.42 Å². The van der Waals surface area contributed by atoms with Crippen molar-refractivity contribution < 1.29 is 9.59 Å². The van der Waals surface area contributed by atoms with Crippen LogP contribution in [0.3, 0.4) is 0 Å². The number of urea groups is 1. The van der Waals surface area contributed by atoms with Gasteiger partial charge in [0.15, 0.2) is 0 Å². The summed E-state index contributed by atoms with van der Waals surface area (Å²) >= 11 is 0. The van der Waals surface area contributed by atoms with E-state index in [1.165, 1.54) is 5.56 Å². The molecule has 3 rings (SSSR count). The van der Waals surface area contributed by atoms with Gasteiger partial charge in [-0.15, -0.1) is 0 Å². The van der Waals surface area contributed by atoms with Crippen molar-refractivity contribution in [2.75, 3.05) is 23.3 Å². The number of hydrogen-bond donors (Lipinski definition) is 2. The summed E-state index contributed by atoms with van der Waals surface area (Å²) in [7, 11) is 0. The van der Waals surface area contributed by atoms with E-state index in [9.17, 15) is 9.59 Å². The molecule has 2 aromatic carbocycles. The Morgan fingerprint density at radius 3 is 2.50 bits per heavy atom. The third kappa shape index (κ3) is 3.93. The zero-order valence-corrected chi connectivity index (χ0v) is 13.7. The summed E-state index contributed by atoms with van der Waals surface area (Å²) in [6.07, 6.45) is 1.28. The second kappa shape index (κ2) is 7.17. The van der Waals surface area contributed by atoms with Crippen LogP contribution in [0.2, 0.25) is 0 Å². The number of aryl methyl sites for hydroxylation is 1. The Labute approximate surface area is 141 Å². The van der Waals surface area contributed by atoms with E-state index < -0.39 is 0 Å². The van der Waals surface area contributed by atoms with Gasteiger partial charge >= 0.3 is 6.03 Å². The third-order valence-electron chi connectivity index (χ3n) is 4.03. The van der Waals surface area contributed by atoms with Crippen LogP contribution in [0, 0.1) is 6.92 Å². The van der Waals surface area contributed by atoms with Gasteiger partial charge in [-0.3, -0.25) is 9.69 Å². The molecule has 5 heteroatoms. The molecule has 3 amide bonds. The zero-order valence-electron chi connectivity index (χ0n) is 13.7. The molecule has 0 bridgehead atoms. The second-order valence-corrected chi connectivity index (χ2v) is 5.99. The van der Waals surface area contributed by atoms with Gasteiger partial charge in [0, 0.05) is 24.5 Å². The number of nitrogens with one attached hydrogen (secondary N) is 2. The van der Waals surface area contributed by atoms with E-state index in [4.69, 9.17) is 0 Å². The Bertz CT molecular complexity index is 723. The standard InChI is InChI=1S/C19H21N3O2/c1-14-3-5-15(6-4-14)13-18(23)21-16-7-9-17(10-8-16)22-12-2-11-20-19(22)24/h3-10H,2,11-13H2,1H3,(H,20,24)(H,21,23). The van der Waals surface area contributed by atoms with Crippen molar-refractivity contribution in [1.29, 1.82) is 0 Å². The van der Waals surface area contributed by atoms with Crippen molar-refractivity contribution in [3.05, 3.63) is 59.7 Å². The molecule has 1 saturated heterocycles. The number of hydrogen-bond acceptors (Lipinski definition) is 2. The summed E-state index contributed by atoms with van der Waals surface area (Å²) in [5, 5.41) is 5.71. The van der Waals surface area contributed by atoms with Gasteiger partial charge in [0.1, 0.15) is 0 Å². The number of benzene rings is 2. The molecule has 124 valence electrons. The molecular weight excluding hydrogens is 302 g/mol. The summed E-state index contributed by atoms with van der Waals surface area (Å²) in [6.45, 7) is 3.46. The number of carbonyl (C=O) groups is 2. The Kier molecular flexibility index (Phi) is 4.79. The minimum absolute atomic E-state index is 0.0534. The molecular formula is C19H21N3O2. The van der Waals surface area contributed by atoms with Crippen molar-refractivity contribution >= 4 is 23.3 Å². The van der Waals surface area contributed by atoms with Crippen LogP contribution in [0.25, 0.3) is 0 Å². The van der Waals surface area contributed by atoms with Crippen LogP contribution < -0.4 is 15.5 Å². The summed E-state index contributed by atoms with van der Waals surface area (Å²) in [6, 6.07) is 15.2. The number of amides is 3. The molecule has 1 aliphatic heterocycles. The largest absolute Gasteiger partial charge is 0.338 e. The molecule has 0 spiro atoms. The summed E-state index contributed by atoms with van der Waals surface area (Å²) < 4.78 is 0. The number of anilines is 2. The van der Waals surface area contributed by atoms with Crippen molar-refractivity contribution in [3.63, 3.8) is 0 Å². The van der Waals surface area contributed by atoms with Gasteiger partial charge in [-0.25, -0.2) is 4.79 Å². The fourth-order valence-electron chi connectivity index (χ4n) is 2.70. The first kappa shape index (κ1) is 16.1. The van der Waals surface area contributed by atoms with E-state index >= 15 is 0 Å². The van der Waals surface area contributed by atoms with Gasteiger partial charge in [-0.1, -0.05) is 29.8 Å².